The summed E-state index contributed by atoms with van der Waals surface area (Å²) in [5.74, 6) is -0.422. The van der Waals surface area contributed by atoms with Gasteiger partial charge in [-0.15, -0.1) is 3.89 Å². The summed E-state index contributed by atoms with van der Waals surface area (Å²) in [6, 6.07) is 5.19. The Hall–Kier alpha value is -1.76. The normalized spacial score (nSPS) is 11.6. The highest BCUT2D eigenvalue weighted by atomic mass is 32.3. The second-order valence-corrected chi connectivity index (χ2v) is 4.38. The first-order valence-electron chi connectivity index (χ1n) is 4.22. The lowest BCUT2D eigenvalue weighted by molar-refractivity contribution is 0.552. The van der Waals surface area contributed by atoms with Gasteiger partial charge in [-0.3, -0.25) is 0 Å². The first-order chi connectivity index (χ1) is 7.47. The highest BCUT2D eigenvalue weighted by Crippen LogP contribution is 2.14. The predicted octanol–water partition coefficient (Wildman–Crippen LogP) is 1.67. The molecule has 0 N–H and O–H groups in total. The highest BCUT2D eigenvalue weighted by Gasteiger charge is 2.14. The van der Waals surface area contributed by atoms with Gasteiger partial charge in [0.25, 0.3) is 0 Å². The summed E-state index contributed by atoms with van der Waals surface area (Å²) in [6.45, 7) is 0. The molecule has 2 rings (SSSR count). The van der Waals surface area contributed by atoms with E-state index < -0.39 is 20.9 Å². The second-order valence-electron chi connectivity index (χ2n) is 3.03. The van der Waals surface area contributed by atoms with Crippen molar-refractivity contribution < 1.29 is 16.7 Å². The number of nitrogens with zero attached hydrogens (tertiary/aromatic N) is 2. The maximum Gasteiger partial charge on any atom is 0.335 e. The maximum atomic E-state index is 12.6. The number of benzene rings is 1. The van der Waals surface area contributed by atoms with E-state index in [2.05, 4.69) is 5.10 Å². The van der Waals surface area contributed by atoms with Gasteiger partial charge in [-0.2, -0.15) is 13.5 Å². The zero-order chi connectivity index (χ0) is 11.8. The molecule has 0 aliphatic heterocycles. The third-order valence-corrected chi connectivity index (χ3v) is 2.71. The van der Waals surface area contributed by atoms with Crippen LogP contribution in [0.4, 0.5) is 8.28 Å². The molecule has 2 aromatic rings. The summed E-state index contributed by atoms with van der Waals surface area (Å²) in [5, 5.41) is 3.66. The van der Waals surface area contributed by atoms with Crippen molar-refractivity contribution in [3.63, 3.8) is 0 Å². The zero-order valence-electron chi connectivity index (χ0n) is 7.84. The number of halogens is 2. The standard InChI is InChI=1S/C9H6F2N2O2S/c10-7-1-3-8(4-2-7)13-6-9(5-12-13)16(11,14)15/h1-6H. The SMILES string of the molecule is O=S(=O)(F)c1cnn(-c2ccc(F)cc2)c1. The lowest BCUT2D eigenvalue weighted by atomic mass is 10.3. The Bertz CT molecular complexity index is 605. The fourth-order valence-corrected chi connectivity index (χ4v) is 1.57. The average Bonchev–Trinajstić information content (AvgIpc) is 2.67. The maximum absolute atomic E-state index is 12.6. The van der Waals surface area contributed by atoms with E-state index in [1.165, 1.54) is 24.3 Å². The Kier molecular flexibility index (Phi) is 2.47. The van der Waals surface area contributed by atoms with Gasteiger partial charge < -0.3 is 0 Å². The Morgan fingerprint density at radius 2 is 1.81 bits per heavy atom. The molecule has 1 aromatic carbocycles. The number of aromatic nitrogens is 2. The number of hydrogen-bond acceptors (Lipinski definition) is 3. The molecule has 4 nitrogen and oxygen atoms in total. The molecule has 0 saturated carbocycles. The van der Waals surface area contributed by atoms with Gasteiger partial charge in [-0.1, -0.05) is 0 Å². The molecule has 7 heteroatoms. The third-order valence-electron chi connectivity index (χ3n) is 1.93. The Labute approximate surface area is 90.3 Å². The molecule has 84 valence electrons. The molecular formula is C9H6F2N2O2S. The topological polar surface area (TPSA) is 52.0 Å². The number of hydrogen-bond donors (Lipinski definition) is 0. The van der Waals surface area contributed by atoms with Crippen molar-refractivity contribution in [2.75, 3.05) is 0 Å². The monoisotopic (exact) mass is 244 g/mol. The van der Waals surface area contributed by atoms with Gasteiger partial charge in [0.1, 0.15) is 10.7 Å². The van der Waals surface area contributed by atoms with Crippen LogP contribution >= 0.6 is 0 Å². The summed E-state index contributed by atoms with van der Waals surface area (Å²) in [6.07, 6.45) is 1.90. The largest absolute Gasteiger partial charge is 0.335 e. The zero-order valence-corrected chi connectivity index (χ0v) is 8.66. The Morgan fingerprint density at radius 1 is 1.19 bits per heavy atom. The van der Waals surface area contributed by atoms with Crippen LogP contribution in [0.2, 0.25) is 0 Å². The van der Waals surface area contributed by atoms with Crippen molar-refractivity contribution in [3.05, 3.63) is 42.5 Å². The quantitative estimate of drug-likeness (QED) is 0.755. The van der Waals surface area contributed by atoms with Crippen molar-refractivity contribution in [1.82, 2.24) is 9.78 Å². The van der Waals surface area contributed by atoms with Gasteiger partial charge in [0.15, 0.2) is 0 Å². The van der Waals surface area contributed by atoms with Crippen LogP contribution in [0.15, 0.2) is 41.6 Å². The van der Waals surface area contributed by atoms with E-state index in [0.717, 1.165) is 17.1 Å². The van der Waals surface area contributed by atoms with Crippen molar-refractivity contribution in [3.8, 4) is 5.69 Å². The van der Waals surface area contributed by atoms with Crippen LogP contribution in [0, 0.1) is 5.82 Å². The average molecular weight is 244 g/mol. The molecule has 0 radical (unpaired) electrons. The van der Waals surface area contributed by atoms with E-state index in [0.29, 0.717) is 5.69 Å². The van der Waals surface area contributed by atoms with Gasteiger partial charge in [0, 0.05) is 0 Å². The molecule has 0 unspecified atom stereocenters. The molecule has 16 heavy (non-hydrogen) atoms. The molecule has 0 amide bonds. The van der Waals surface area contributed by atoms with Crippen LogP contribution in [0.1, 0.15) is 0 Å². The second kappa shape index (κ2) is 3.67. The predicted molar refractivity (Wildman–Crippen MR) is 51.8 cm³/mol. The molecule has 0 fully saturated rings. The van der Waals surface area contributed by atoms with E-state index in [1.54, 1.807) is 0 Å². The first-order valence-corrected chi connectivity index (χ1v) is 5.60. The minimum absolute atomic E-state index is 0.422. The van der Waals surface area contributed by atoms with E-state index in [1.807, 2.05) is 0 Å². The molecule has 0 spiro atoms. The van der Waals surface area contributed by atoms with E-state index in [-0.39, 0.29) is 0 Å². The fourth-order valence-electron chi connectivity index (χ4n) is 1.17. The van der Waals surface area contributed by atoms with Crippen molar-refractivity contribution in [2.24, 2.45) is 0 Å². The summed E-state index contributed by atoms with van der Waals surface area (Å²) < 4.78 is 47.4. The van der Waals surface area contributed by atoms with Crippen LogP contribution in [0.5, 0.6) is 0 Å². The van der Waals surface area contributed by atoms with Crippen LogP contribution < -0.4 is 0 Å². The van der Waals surface area contributed by atoms with Gasteiger partial charge in [0.2, 0.25) is 0 Å². The van der Waals surface area contributed by atoms with Crippen molar-refractivity contribution >= 4 is 10.2 Å². The molecule has 1 heterocycles. The minimum atomic E-state index is -4.76. The van der Waals surface area contributed by atoms with Crippen molar-refractivity contribution in [2.45, 2.75) is 4.90 Å². The lowest BCUT2D eigenvalue weighted by Crippen LogP contribution is -1.94. The smallest absolute Gasteiger partial charge is 0.240 e. The van der Waals surface area contributed by atoms with Gasteiger partial charge >= 0.3 is 10.2 Å². The third kappa shape index (κ3) is 2.08. The summed E-state index contributed by atoms with van der Waals surface area (Å²) in [4.78, 5) is -0.531. The lowest BCUT2D eigenvalue weighted by Gasteiger charge is -1.99. The molecule has 0 atom stereocenters. The molecular weight excluding hydrogens is 238 g/mol. The fraction of sp³-hybridized carbons (Fsp3) is 0. The summed E-state index contributed by atoms with van der Waals surface area (Å²) >= 11 is 0. The summed E-state index contributed by atoms with van der Waals surface area (Å²) in [5.41, 5.74) is 0.441. The van der Waals surface area contributed by atoms with E-state index in [4.69, 9.17) is 0 Å². The van der Waals surface area contributed by atoms with Crippen LogP contribution in [0.25, 0.3) is 5.69 Å². The highest BCUT2D eigenvalue weighted by molar-refractivity contribution is 7.86. The van der Waals surface area contributed by atoms with E-state index in [9.17, 15) is 16.7 Å². The van der Waals surface area contributed by atoms with Gasteiger partial charge in [-0.05, 0) is 24.3 Å². The van der Waals surface area contributed by atoms with Gasteiger partial charge in [-0.25, -0.2) is 9.07 Å². The van der Waals surface area contributed by atoms with Crippen LogP contribution in [-0.2, 0) is 10.2 Å². The number of rotatable bonds is 2. The van der Waals surface area contributed by atoms with Gasteiger partial charge in [0.05, 0.1) is 18.1 Å². The Morgan fingerprint density at radius 3 is 2.31 bits per heavy atom. The Balaban J connectivity index is 2.43. The summed E-state index contributed by atoms with van der Waals surface area (Å²) in [7, 11) is -4.76. The minimum Gasteiger partial charge on any atom is -0.240 e. The molecule has 0 aliphatic carbocycles. The van der Waals surface area contributed by atoms with Crippen LogP contribution in [-0.4, -0.2) is 18.2 Å². The molecule has 0 aliphatic rings. The molecule has 0 saturated heterocycles. The first kappa shape index (κ1) is 10.7. The van der Waals surface area contributed by atoms with Crippen LogP contribution in [0.3, 0.4) is 0 Å². The van der Waals surface area contributed by atoms with Crippen molar-refractivity contribution in [1.29, 1.82) is 0 Å². The molecule has 0 bridgehead atoms. The van der Waals surface area contributed by atoms with E-state index >= 15 is 0 Å². The molecule has 1 aromatic heterocycles.